The second kappa shape index (κ2) is 6.09. The SMILES string of the molecule is Cc1cc(Br)cc(Nc2ncnc(OC(C)C)c2N)c1. The Kier molecular flexibility index (Phi) is 4.44. The monoisotopic (exact) mass is 336 g/mol. The number of hydrogen-bond donors (Lipinski definition) is 2. The van der Waals surface area contributed by atoms with Crippen LogP contribution in [0.2, 0.25) is 0 Å². The molecule has 0 aliphatic carbocycles. The van der Waals surface area contributed by atoms with E-state index in [0.717, 1.165) is 15.7 Å². The Labute approximate surface area is 126 Å². The maximum atomic E-state index is 6.03. The third-order valence-corrected chi connectivity index (χ3v) is 2.96. The molecule has 0 radical (unpaired) electrons. The normalized spacial score (nSPS) is 10.7. The van der Waals surface area contributed by atoms with Gasteiger partial charge in [0.15, 0.2) is 5.82 Å². The van der Waals surface area contributed by atoms with Crippen molar-refractivity contribution >= 4 is 33.1 Å². The Hall–Kier alpha value is -1.82. The van der Waals surface area contributed by atoms with Gasteiger partial charge >= 0.3 is 0 Å². The molecule has 0 atom stereocenters. The molecule has 0 bridgehead atoms. The van der Waals surface area contributed by atoms with Crippen LogP contribution in [-0.4, -0.2) is 16.1 Å². The standard InChI is InChI=1S/C14H17BrN4O/c1-8(2)20-14-12(16)13(17-7-18-14)19-11-5-9(3)4-10(15)6-11/h4-8H,16H2,1-3H3,(H,17,18,19). The maximum Gasteiger partial charge on any atom is 0.242 e. The molecule has 1 aromatic heterocycles. The van der Waals surface area contributed by atoms with E-state index in [1.54, 1.807) is 0 Å². The third-order valence-electron chi connectivity index (χ3n) is 2.50. The van der Waals surface area contributed by atoms with Gasteiger partial charge in [0.25, 0.3) is 0 Å². The van der Waals surface area contributed by atoms with Gasteiger partial charge in [-0.2, -0.15) is 4.98 Å². The Morgan fingerprint density at radius 2 is 2.00 bits per heavy atom. The maximum absolute atomic E-state index is 6.03. The van der Waals surface area contributed by atoms with E-state index in [9.17, 15) is 0 Å². The molecular weight excluding hydrogens is 320 g/mol. The van der Waals surface area contributed by atoms with Gasteiger partial charge in [-0.3, -0.25) is 0 Å². The lowest BCUT2D eigenvalue weighted by Gasteiger charge is -2.14. The number of halogens is 1. The number of nitrogens with two attached hydrogens (primary N) is 1. The number of anilines is 3. The van der Waals surface area contributed by atoms with Gasteiger partial charge in [-0.15, -0.1) is 0 Å². The van der Waals surface area contributed by atoms with E-state index in [1.165, 1.54) is 6.33 Å². The summed E-state index contributed by atoms with van der Waals surface area (Å²) < 4.78 is 6.54. The van der Waals surface area contributed by atoms with Crippen molar-refractivity contribution in [1.82, 2.24) is 9.97 Å². The molecule has 0 amide bonds. The zero-order valence-electron chi connectivity index (χ0n) is 11.6. The number of aromatic nitrogens is 2. The van der Waals surface area contributed by atoms with E-state index in [1.807, 2.05) is 39.0 Å². The van der Waals surface area contributed by atoms with Crippen LogP contribution >= 0.6 is 15.9 Å². The molecule has 5 nitrogen and oxygen atoms in total. The highest BCUT2D eigenvalue weighted by molar-refractivity contribution is 9.10. The number of hydrogen-bond acceptors (Lipinski definition) is 5. The van der Waals surface area contributed by atoms with Gasteiger partial charge in [0.2, 0.25) is 5.88 Å². The molecule has 1 aromatic carbocycles. The Bertz CT molecular complexity index is 596. The number of ether oxygens (including phenoxy) is 1. The Morgan fingerprint density at radius 1 is 1.25 bits per heavy atom. The summed E-state index contributed by atoms with van der Waals surface area (Å²) in [7, 11) is 0. The summed E-state index contributed by atoms with van der Waals surface area (Å²) in [5.74, 6) is 0.928. The predicted molar refractivity (Wildman–Crippen MR) is 84.4 cm³/mol. The average molecular weight is 337 g/mol. The van der Waals surface area contributed by atoms with Crippen molar-refractivity contribution in [1.29, 1.82) is 0 Å². The molecule has 6 heteroatoms. The van der Waals surface area contributed by atoms with Crippen LogP contribution in [-0.2, 0) is 0 Å². The fourth-order valence-electron chi connectivity index (χ4n) is 1.74. The number of benzene rings is 1. The van der Waals surface area contributed by atoms with Gasteiger partial charge in [-0.1, -0.05) is 15.9 Å². The van der Waals surface area contributed by atoms with Gasteiger partial charge < -0.3 is 15.8 Å². The van der Waals surface area contributed by atoms with Crippen molar-refractivity contribution in [2.75, 3.05) is 11.1 Å². The number of rotatable bonds is 4. The highest BCUT2D eigenvalue weighted by Crippen LogP contribution is 2.29. The predicted octanol–water partition coefficient (Wildman–Crippen LogP) is 3.66. The van der Waals surface area contributed by atoms with Crippen molar-refractivity contribution in [3.8, 4) is 5.88 Å². The quantitative estimate of drug-likeness (QED) is 0.891. The third kappa shape index (κ3) is 3.60. The second-order valence-corrected chi connectivity index (χ2v) is 5.67. The fourth-order valence-corrected chi connectivity index (χ4v) is 2.35. The summed E-state index contributed by atoms with van der Waals surface area (Å²) >= 11 is 3.46. The number of nitrogens with zero attached hydrogens (tertiary/aromatic N) is 2. The van der Waals surface area contributed by atoms with Crippen molar-refractivity contribution < 1.29 is 4.74 Å². The van der Waals surface area contributed by atoms with Crippen molar-refractivity contribution in [3.05, 3.63) is 34.6 Å². The second-order valence-electron chi connectivity index (χ2n) is 4.75. The first-order valence-corrected chi connectivity index (χ1v) is 7.06. The molecule has 0 fully saturated rings. The molecule has 0 saturated heterocycles. The van der Waals surface area contributed by atoms with Gasteiger partial charge in [-0.25, -0.2) is 4.98 Å². The molecule has 0 aliphatic heterocycles. The number of nitrogen functional groups attached to an aromatic ring is 1. The molecule has 20 heavy (non-hydrogen) atoms. The van der Waals surface area contributed by atoms with Crippen LogP contribution in [0.4, 0.5) is 17.2 Å². The lowest BCUT2D eigenvalue weighted by molar-refractivity contribution is 0.234. The van der Waals surface area contributed by atoms with Crippen LogP contribution < -0.4 is 15.8 Å². The summed E-state index contributed by atoms with van der Waals surface area (Å²) in [5, 5.41) is 3.18. The highest BCUT2D eigenvalue weighted by atomic mass is 79.9. The Balaban J connectivity index is 2.29. The van der Waals surface area contributed by atoms with Crippen molar-refractivity contribution in [2.45, 2.75) is 26.9 Å². The first-order valence-electron chi connectivity index (χ1n) is 6.27. The largest absolute Gasteiger partial charge is 0.473 e. The average Bonchev–Trinajstić information content (AvgIpc) is 2.32. The van der Waals surface area contributed by atoms with Gasteiger partial charge in [0, 0.05) is 10.2 Å². The molecule has 3 N–H and O–H groups in total. The molecule has 2 aromatic rings. The van der Waals surface area contributed by atoms with Crippen LogP contribution in [0.3, 0.4) is 0 Å². The van der Waals surface area contributed by atoms with Gasteiger partial charge in [0.1, 0.15) is 12.0 Å². The summed E-state index contributed by atoms with van der Waals surface area (Å²) in [6.45, 7) is 5.87. The smallest absolute Gasteiger partial charge is 0.242 e. The summed E-state index contributed by atoms with van der Waals surface area (Å²) in [5.41, 5.74) is 8.47. The van der Waals surface area contributed by atoms with E-state index in [4.69, 9.17) is 10.5 Å². The molecule has 1 heterocycles. The summed E-state index contributed by atoms with van der Waals surface area (Å²) in [6, 6.07) is 5.99. The van der Waals surface area contributed by atoms with Gasteiger partial charge in [-0.05, 0) is 44.5 Å². The van der Waals surface area contributed by atoms with Crippen molar-refractivity contribution in [2.24, 2.45) is 0 Å². The van der Waals surface area contributed by atoms with E-state index < -0.39 is 0 Å². The fraction of sp³-hybridized carbons (Fsp3) is 0.286. The van der Waals surface area contributed by atoms with E-state index in [2.05, 4.69) is 31.2 Å². The van der Waals surface area contributed by atoms with Crippen LogP contribution in [0.15, 0.2) is 29.0 Å². The molecule has 0 spiro atoms. The minimum atomic E-state index is 0.00756. The van der Waals surface area contributed by atoms with Crippen LogP contribution in [0.5, 0.6) is 5.88 Å². The van der Waals surface area contributed by atoms with Crippen LogP contribution in [0, 0.1) is 6.92 Å². The van der Waals surface area contributed by atoms with Gasteiger partial charge in [0.05, 0.1) is 6.10 Å². The first kappa shape index (κ1) is 14.6. The van der Waals surface area contributed by atoms with Crippen molar-refractivity contribution in [3.63, 3.8) is 0 Å². The lowest BCUT2D eigenvalue weighted by Crippen LogP contribution is -2.10. The summed E-state index contributed by atoms with van der Waals surface area (Å²) in [6.07, 6.45) is 1.44. The van der Waals surface area contributed by atoms with Crippen LogP contribution in [0.25, 0.3) is 0 Å². The van der Waals surface area contributed by atoms with E-state index in [0.29, 0.717) is 17.4 Å². The zero-order chi connectivity index (χ0) is 14.7. The lowest BCUT2D eigenvalue weighted by atomic mass is 10.2. The molecule has 0 saturated carbocycles. The number of nitrogens with one attached hydrogen (secondary N) is 1. The first-order chi connectivity index (χ1) is 9.45. The minimum absolute atomic E-state index is 0.00756. The van der Waals surface area contributed by atoms with Crippen LogP contribution in [0.1, 0.15) is 19.4 Å². The molecule has 106 valence electrons. The van der Waals surface area contributed by atoms with E-state index in [-0.39, 0.29) is 6.10 Å². The topological polar surface area (TPSA) is 73.1 Å². The minimum Gasteiger partial charge on any atom is -0.473 e. The highest BCUT2D eigenvalue weighted by Gasteiger charge is 2.11. The molecular formula is C14H17BrN4O. The Morgan fingerprint density at radius 3 is 2.65 bits per heavy atom. The molecule has 2 rings (SSSR count). The van der Waals surface area contributed by atoms with E-state index >= 15 is 0 Å². The number of aryl methyl sites for hydroxylation is 1. The zero-order valence-corrected chi connectivity index (χ0v) is 13.2. The molecule has 0 unspecified atom stereocenters. The molecule has 0 aliphatic rings. The summed E-state index contributed by atoms with van der Waals surface area (Å²) in [4.78, 5) is 8.21.